The molecule has 1 amide bonds. The van der Waals surface area contributed by atoms with Gasteiger partial charge >= 0.3 is 0 Å². The minimum Gasteiger partial charge on any atom is -0.378 e. The van der Waals surface area contributed by atoms with E-state index in [1.807, 2.05) is 23.1 Å². The molecule has 1 aliphatic rings. The van der Waals surface area contributed by atoms with Crippen molar-refractivity contribution in [2.75, 3.05) is 6.54 Å². The van der Waals surface area contributed by atoms with E-state index in [0.717, 1.165) is 24.8 Å². The van der Waals surface area contributed by atoms with Crippen LogP contribution >= 0.6 is 0 Å². The van der Waals surface area contributed by atoms with Crippen molar-refractivity contribution < 1.29 is 9.90 Å². The summed E-state index contributed by atoms with van der Waals surface area (Å²) in [4.78, 5) is 14.7. The predicted molar refractivity (Wildman–Crippen MR) is 93.1 cm³/mol. The molecule has 1 aliphatic heterocycles. The number of carbonyl (C=O) groups is 1. The predicted octanol–water partition coefficient (Wildman–Crippen LogP) is 3.38. The van der Waals surface area contributed by atoms with Crippen LogP contribution in [-0.2, 0) is 0 Å². The molecule has 0 aliphatic carbocycles. The SMILES string of the molecule is CCCC[C@H]1C=CCN1C(=O)c1cccc(C#CC(C)(C)O)c1. The number of rotatable bonds is 4. The fourth-order valence-corrected chi connectivity index (χ4v) is 2.59. The number of hydrogen-bond acceptors (Lipinski definition) is 2. The third kappa shape index (κ3) is 4.97. The minimum atomic E-state index is -1.04. The summed E-state index contributed by atoms with van der Waals surface area (Å²) in [6.45, 7) is 6.12. The second kappa shape index (κ2) is 7.48. The summed E-state index contributed by atoms with van der Waals surface area (Å²) < 4.78 is 0. The topological polar surface area (TPSA) is 40.5 Å². The molecular weight excluding hydrogens is 286 g/mol. The highest BCUT2D eigenvalue weighted by Gasteiger charge is 2.25. The molecule has 3 heteroatoms. The zero-order valence-electron chi connectivity index (χ0n) is 14.2. The monoisotopic (exact) mass is 311 g/mol. The summed E-state index contributed by atoms with van der Waals surface area (Å²) in [5.74, 6) is 5.75. The Morgan fingerprint density at radius 2 is 2.22 bits per heavy atom. The third-order valence-electron chi connectivity index (χ3n) is 3.80. The van der Waals surface area contributed by atoms with Crippen LogP contribution in [0.3, 0.4) is 0 Å². The third-order valence-corrected chi connectivity index (χ3v) is 3.80. The Hall–Kier alpha value is -2.05. The molecule has 0 fully saturated rings. The van der Waals surface area contributed by atoms with E-state index >= 15 is 0 Å². The standard InChI is InChI=1S/C20H25NO2/c1-4-5-10-18-11-7-14-21(18)19(22)17-9-6-8-16(15-17)12-13-20(2,3)23/h6-9,11,15,18,23H,4-5,10,14H2,1-3H3/t18-/m0/s1. The van der Waals surface area contributed by atoms with Gasteiger partial charge in [0.25, 0.3) is 5.91 Å². The van der Waals surface area contributed by atoms with Gasteiger partial charge in [0.1, 0.15) is 5.60 Å². The van der Waals surface area contributed by atoms with Crippen molar-refractivity contribution in [1.29, 1.82) is 0 Å². The van der Waals surface area contributed by atoms with Crippen molar-refractivity contribution in [2.45, 2.75) is 51.7 Å². The molecule has 122 valence electrons. The van der Waals surface area contributed by atoms with Crippen molar-refractivity contribution in [2.24, 2.45) is 0 Å². The average molecular weight is 311 g/mol. The van der Waals surface area contributed by atoms with Gasteiger partial charge in [-0.15, -0.1) is 0 Å². The maximum atomic E-state index is 12.8. The molecule has 0 bridgehead atoms. The fraction of sp³-hybridized carbons (Fsp3) is 0.450. The first-order valence-electron chi connectivity index (χ1n) is 8.24. The van der Waals surface area contributed by atoms with Gasteiger partial charge in [0.2, 0.25) is 0 Å². The van der Waals surface area contributed by atoms with E-state index in [1.165, 1.54) is 0 Å². The van der Waals surface area contributed by atoms with Crippen molar-refractivity contribution in [3.05, 3.63) is 47.5 Å². The van der Waals surface area contributed by atoms with E-state index in [0.29, 0.717) is 12.1 Å². The van der Waals surface area contributed by atoms with Gasteiger partial charge in [-0.3, -0.25) is 4.79 Å². The highest BCUT2D eigenvalue weighted by atomic mass is 16.3. The van der Waals surface area contributed by atoms with Crippen LogP contribution in [0.15, 0.2) is 36.4 Å². The smallest absolute Gasteiger partial charge is 0.254 e. The van der Waals surface area contributed by atoms with E-state index in [4.69, 9.17) is 0 Å². The normalized spacial score (nSPS) is 17.0. The van der Waals surface area contributed by atoms with Gasteiger partial charge in [0.05, 0.1) is 6.04 Å². The van der Waals surface area contributed by atoms with Crippen LogP contribution in [0.2, 0.25) is 0 Å². The molecule has 0 unspecified atom stereocenters. The first kappa shape index (κ1) is 17.3. The maximum Gasteiger partial charge on any atom is 0.254 e. The fourth-order valence-electron chi connectivity index (χ4n) is 2.59. The first-order valence-corrected chi connectivity index (χ1v) is 8.24. The molecule has 3 nitrogen and oxygen atoms in total. The van der Waals surface area contributed by atoms with Crippen LogP contribution in [-0.4, -0.2) is 34.1 Å². The largest absolute Gasteiger partial charge is 0.378 e. The van der Waals surface area contributed by atoms with E-state index in [-0.39, 0.29) is 11.9 Å². The summed E-state index contributed by atoms with van der Waals surface area (Å²) in [5.41, 5.74) is 0.359. The number of unbranched alkanes of at least 4 members (excludes halogenated alkanes) is 1. The van der Waals surface area contributed by atoms with Gasteiger partial charge < -0.3 is 10.0 Å². The zero-order chi connectivity index (χ0) is 16.9. The van der Waals surface area contributed by atoms with Crippen LogP contribution in [0, 0.1) is 11.8 Å². The van der Waals surface area contributed by atoms with E-state index in [9.17, 15) is 9.90 Å². The molecule has 1 heterocycles. The summed E-state index contributed by atoms with van der Waals surface area (Å²) in [6, 6.07) is 7.52. The molecule has 0 saturated carbocycles. The van der Waals surface area contributed by atoms with E-state index in [1.54, 1.807) is 19.9 Å². The molecular formula is C20H25NO2. The maximum absolute atomic E-state index is 12.8. The lowest BCUT2D eigenvalue weighted by Gasteiger charge is -2.24. The summed E-state index contributed by atoms with van der Waals surface area (Å²) >= 11 is 0. The Kier molecular flexibility index (Phi) is 5.63. The number of aliphatic hydroxyl groups is 1. The van der Waals surface area contributed by atoms with Crippen LogP contribution < -0.4 is 0 Å². The molecule has 23 heavy (non-hydrogen) atoms. The number of amides is 1. The molecule has 0 aromatic heterocycles. The van der Waals surface area contributed by atoms with Gasteiger partial charge in [-0.25, -0.2) is 0 Å². The summed E-state index contributed by atoms with van der Waals surface area (Å²) in [5, 5.41) is 9.69. The number of benzene rings is 1. The highest BCUT2D eigenvalue weighted by molar-refractivity contribution is 5.95. The van der Waals surface area contributed by atoms with Crippen molar-refractivity contribution in [3.63, 3.8) is 0 Å². The van der Waals surface area contributed by atoms with Crippen molar-refractivity contribution in [3.8, 4) is 11.8 Å². The molecule has 0 radical (unpaired) electrons. The molecule has 1 atom stereocenters. The van der Waals surface area contributed by atoms with Crippen molar-refractivity contribution >= 4 is 5.91 Å². The minimum absolute atomic E-state index is 0.0445. The lowest BCUT2D eigenvalue weighted by molar-refractivity contribution is 0.0743. The molecule has 1 aromatic rings. The quantitative estimate of drug-likeness (QED) is 0.684. The Morgan fingerprint density at radius 1 is 1.43 bits per heavy atom. The molecule has 2 rings (SSSR count). The average Bonchev–Trinajstić information content (AvgIpc) is 2.98. The Balaban J connectivity index is 2.15. The summed E-state index contributed by atoms with van der Waals surface area (Å²) in [6.07, 6.45) is 7.46. The van der Waals surface area contributed by atoms with Crippen LogP contribution in [0.5, 0.6) is 0 Å². The van der Waals surface area contributed by atoms with Crippen LogP contribution in [0.4, 0.5) is 0 Å². The highest BCUT2D eigenvalue weighted by Crippen LogP contribution is 2.19. The Morgan fingerprint density at radius 3 is 2.91 bits per heavy atom. The number of hydrogen-bond donors (Lipinski definition) is 1. The lowest BCUT2D eigenvalue weighted by atomic mass is 10.1. The number of nitrogens with zero attached hydrogens (tertiary/aromatic N) is 1. The van der Waals surface area contributed by atoms with Gasteiger partial charge in [-0.1, -0.05) is 49.8 Å². The van der Waals surface area contributed by atoms with Crippen LogP contribution in [0.1, 0.15) is 56.0 Å². The van der Waals surface area contributed by atoms with Gasteiger partial charge in [0.15, 0.2) is 0 Å². The Labute approximate surface area is 139 Å². The molecule has 1 aromatic carbocycles. The second-order valence-electron chi connectivity index (χ2n) is 6.49. The molecule has 0 spiro atoms. The van der Waals surface area contributed by atoms with E-state index < -0.39 is 5.60 Å². The molecule has 0 saturated heterocycles. The Bertz CT molecular complexity index is 644. The van der Waals surface area contributed by atoms with Gasteiger partial charge in [-0.2, -0.15) is 0 Å². The lowest BCUT2D eigenvalue weighted by Crippen LogP contribution is -2.36. The van der Waals surface area contributed by atoms with Gasteiger partial charge in [-0.05, 0) is 38.5 Å². The first-order chi connectivity index (χ1) is 10.9. The van der Waals surface area contributed by atoms with Gasteiger partial charge in [0, 0.05) is 17.7 Å². The summed E-state index contributed by atoms with van der Waals surface area (Å²) in [7, 11) is 0. The number of carbonyl (C=O) groups excluding carboxylic acids is 1. The zero-order valence-corrected chi connectivity index (χ0v) is 14.2. The van der Waals surface area contributed by atoms with Crippen molar-refractivity contribution in [1.82, 2.24) is 4.90 Å². The van der Waals surface area contributed by atoms with Crippen LogP contribution in [0.25, 0.3) is 0 Å². The van der Waals surface area contributed by atoms with E-state index in [2.05, 4.69) is 30.9 Å². The molecule has 1 N–H and O–H groups in total. The second-order valence-corrected chi connectivity index (χ2v) is 6.49.